The van der Waals surface area contributed by atoms with E-state index in [0.29, 0.717) is 17.8 Å². The summed E-state index contributed by atoms with van der Waals surface area (Å²) in [5, 5.41) is 0. The first-order valence-corrected chi connectivity index (χ1v) is 6.75. The standard InChI is InChI=1S/C14H25NO3/c1-9(2)11-7-6-10(3)8-12(11)18-14(17)13(16)15(4)5/h9-12H,6-8H2,1-5H3. The minimum Gasteiger partial charge on any atom is -0.455 e. The molecule has 0 bridgehead atoms. The van der Waals surface area contributed by atoms with Gasteiger partial charge in [0.05, 0.1) is 0 Å². The monoisotopic (exact) mass is 255 g/mol. The van der Waals surface area contributed by atoms with Crippen molar-refractivity contribution in [3.8, 4) is 0 Å². The van der Waals surface area contributed by atoms with E-state index >= 15 is 0 Å². The first-order chi connectivity index (χ1) is 8.32. The molecule has 0 aromatic carbocycles. The van der Waals surface area contributed by atoms with Crippen molar-refractivity contribution in [3.05, 3.63) is 0 Å². The van der Waals surface area contributed by atoms with Crippen molar-refractivity contribution in [2.24, 2.45) is 17.8 Å². The number of esters is 1. The minimum atomic E-state index is -0.718. The Morgan fingerprint density at radius 1 is 1.22 bits per heavy atom. The van der Waals surface area contributed by atoms with Gasteiger partial charge >= 0.3 is 11.9 Å². The SMILES string of the molecule is CC1CCC(C(C)C)C(OC(=O)C(=O)N(C)C)C1. The van der Waals surface area contributed by atoms with Crippen LogP contribution in [0.4, 0.5) is 0 Å². The molecule has 3 unspecified atom stereocenters. The summed E-state index contributed by atoms with van der Waals surface area (Å²) in [5.74, 6) is 0.123. The molecule has 0 aliphatic heterocycles. The number of rotatable bonds is 2. The fourth-order valence-electron chi connectivity index (χ4n) is 2.62. The Balaban J connectivity index is 2.66. The Labute approximate surface area is 110 Å². The number of hydrogen-bond acceptors (Lipinski definition) is 3. The van der Waals surface area contributed by atoms with Crippen LogP contribution >= 0.6 is 0 Å². The third-order valence-electron chi connectivity index (χ3n) is 3.80. The molecule has 1 aliphatic carbocycles. The zero-order valence-corrected chi connectivity index (χ0v) is 12.1. The molecule has 1 rings (SSSR count). The third-order valence-corrected chi connectivity index (χ3v) is 3.80. The fourth-order valence-corrected chi connectivity index (χ4v) is 2.62. The summed E-state index contributed by atoms with van der Waals surface area (Å²) in [6.45, 7) is 6.47. The second-order valence-corrected chi connectivity index (χ2v) is 5.97. The average molecular weight is 255 g/mol. The van der Waals surface area contributed by atoms with E-state index in [1.807, 2.05) is 0 Å². The summed E-state index contributed by atoms with van der Waals surface area (Å²) in [6.07, 6.45) is 3.02. The first-order valence-electron chi connectivity index (χ1n) is 6.75. The molecule has 0 spiro atoms. The van der Waals surface area contributed by atoms with E-state index in [-0.39, 0.29) is 6.10 Å². The Morgan fingerprint density at radius 3 is 2.33 bits per heavy atom. The second kappa shape index (κ2) is 6.21. The van der Waals surface area contributed by atoms with Gasteiger partial charge in [-0.25, -0.2) is 4.79 Å². The van der Waals surface area contributed by atoms with Crippen molar-refractivity contribution in [2.45, 2.75) is 46.1 Å². The molecule has 0 aromatic heterocycles. The highest BCUT2D eigenvalue weighted by Gasteiger charge is 2.34. The molecule has 104 valence electrons. The molecule has 0 saturated heterocycles. The predicted molar refractivity (Wildman–Crippen MR) is 69.9 cm³/mol. The van der Waals surface area contributed by atoms with Gasteiger partial charge in [0.15, 0.2) is 0 Å². The maximum absolute atomic E-state index is 11.7. The van der Waals surface area contributed by atoms with Gasteiger partial charge in [-0.1, -0.05) is 27.2 Å². The lowest BCUT2D eigenvalue weighted by atomic mass is 9.75. The fraction of sp³-hybridized carbons (Fsp3) is 0.857. The van der Waals surface area contributed by atoms with Crippen LogP contribution in [-0.2, 0) is 14.3 Å². The molecule has 1 amide bonds. The first kappa shape index (κ1) is 15.0. The van der Waals surface area contributed by atoms with Crippen LogP contribution in [-0.4, -0.2) is 37.0 Å². The van der Waals surface area contributed by atoms with Crippen molar-refractivity contribution < 1.29 is 14.3 Å². The van der Waals surface area contributed by atoms with Gasteiger partial charge in [-0.15, -0.1) is 0 Å². The lowest BCUT2D eigenvalue weighted by Crippen LogP contribution is -2.40. The lowest BCUT2D eigenvalue weighted by molar-refractivity contribution is -0.167. The van der Waals surface area contributed by atoms with Gasteiger partial charge in [-0.05, 0) is 30.6 Å². The van der Waals surface area contributed by atoms with Crippen molar-refractivity contribution in [1.29, 1.82) is 0 Å². The van der Waals surface area contributed by atoms with Gasteiger partial charge in [-0.3, -0.25) is 4.79 Å². The summed E-state index contributed by atoms with van der Waals surface area (Å²) in [6, 6.07) is 0. The molecule has 1 saturated carbocycles. The van der Waals surface area contributed by atoms with E-state index in [2.05, 4.69) is 20.8 Å². The van der Waals surface area contributed by atoms with Crippen LogP contribution in [0.1, 0.15) is 40.0 Å². The molecular formula is C14H25NO3. The number of carbonyl (C=O) groups excluding carboxylic acids is 2. The Hall–Kier alpha value is -1.06. The van der Waals surface area contributed by atoms with E-state index in [9.17, 15) is 9.59 Å². The highest BCUT2D eigenvalue weighted by atomic mass is 16.6. The molecule has 1 aliphatic rings. The molecule has 3 atom stereocenters. The highest BCUT2D eigenvalue weighted by molar-refractivity contribution is 6.32. The van der Waals surface area contributed by atoms with E-state index in [1.165, 1.54) is 11.3 Å². The summed E-state index contributed by atoms with van der Waals surface area (Å²) in [7, 11) is 3.13. The van der Waals surface area contributed by atoms with Gasteiger partial charge in [0.2, 0.25) is 0 Å². The number of hydrogen-bond donors (Lipinski definition) is 0. The van der Waals surface area contributed by atoms with Crippen molar-refractivity contribution in [2.75, 3.05) is 14.1 Å². The lowest BCUT2D eigenvalue weighted by Gasteiger charge is -2.36. The maximum Gasteiger partial charge on any atom is 0.397 e. The van der Waals surface area contributed by atoms with Gasteiger partial charge in [0.1, 0.15) is 6.10 Å². The summed E-state index contributed by atoms with van der Waals surface area (Å²) in [5.41, 5.74) is 0. The summed E-state index contributed by atoms with van der Waals surface area (Å²) < 4.78 is 5.43. The number of carbonyl (C=O) groups is 2. The molecular weight excluding hydrogens is 230 g/mol. The van der Waals surface area contributed by atoms with Crippen LogP contribution in [0.3, 0.4) is 0 Å². The second-order valence-electron chi connectivity index (χ2n) is 5.97. The molecule has 4 nitrogen and oxygen atoms in total. The third kappa shape index (κ3) is 3.72. The van der Waals surface area contributed by atoms with Crippen LogP contribution in [0.15, 0.2) is 0 Å². The molecule has 4 heteroatoms. The van der Waals surface area contributed by atoms with E-state index in [4.69, 9.17) is 4.74 Å². The summed E-state index contributed by atoms with van der Waals surface area (Å²) >= 11 is 0. The van der Waals surface area contributed by atoms with Crippen molar-refractivity contribution >= 4 is 11.9 Å². The molecule has 0 heterocycles. The minimum absolute atomic E-state index is 0.106. The normalized spacial score (nSPS) is 28.0. The molecule has 18 heavy (non-hydrogen) atoms. The number of ether oxygens (including phenoxy) is 1. The van der Waals surface area contributed by atoms with Crippen molar-refractivity contribution in [1.82, 2.24) is 4.90 Å². The topological polar surface area (TPSA) is 46.6 Å². The van der Waals surface area contributed by atoms with Gasteiger partial charge < -0.3 is 9.64 Å². The van der Waals surface area contributed by atoms with Crippen LogP contribution in [0, 0.1) is 17.8 Å². The van der Waals surface area contributed by atoms with Gasteiger partial charge in [0.25, 0.3) is 0 Å². The smallest absolute Gasteiger partial charge is 0.397 e. The number of likely N-dealkylation sites (N-methyl/N-ethyl adjacent to an activating group) is 1. The molecule has 1 fully saturated rings. The van der Waals surface area contributed by atoms with Gasteiger partial charge in [-0.2, -0.15) is 0 Å². The average Bonchev–Trinajstić information content (AvgIpc) is 2.27. The van der Waals surface area contributed by atoms with E-state index in [0.717, 1.165) is 12.8 Å². The van der Waals surface area contributed by atoms with Crippen LogP contribution in [0.5, 0.6) is 0 Å². The predicted octanol–water partition coefficient (Wildman–Crippen LogP) is 2.08. The Bertz CT molecular complexity index is 312. The van der Waals surface area contributed by atoms with E-state index in [1.54, 1.807) is 14.1 Å². The van der Waals surface area contributed by atoms with Crippen molar-refractivity contribution in [3.63, 3.8) is 0 Å². The molecule has 0 N–H and O–H groups in total. The Kier molecular flexibility index (Phi) is 5.17. The van der Waals surface area contributed by atoms with Crippen LogP contribution in [0.25, 0.3) is 0 Å². The quantitative estimate of drug-likeness (QED) is 0.560. The van der Waals surface area contributed by atoms with Crippen LogP contribution < -0.4 is 0 Å². The maximum atomic E-state index is 11.7. The molecule has 0 radical (unpaired) electrons. The number of nitrogens with zero attached hydrogens (tertiary/aromatic N) is 1. The highest BCUT2D eigenvalue weighted by Crippen LogP contribution is 2.35. The zero-order chi connectivity index (χ0) is 13.9. The summed E-state index contributed by atoms with van der Waals surface area (Å²) in [4.78, 5) is 24.5. The zero-order valence-electron chi connectivity index (χ0n) is 12.1. The Morgan fingerprint density at radius 2 is 1.83 bits per heavy atom. The van der Waals surface area contributed by atoms with E-state index < -0.39 is 11.9 Å². The number of amides is 1. The van der Waals surface area contributed by atoms with Crippen LogP contribution in [0.2, 0.25) is 0 Å². The largest absolute Gasteiger partial charge is 0.455 e. The molecule has 0 aromatic rings. The van der Waals surface area contributed by atoms with Gasteiger partial charge in [0, 0.05) is 14.1 Å².